The molecule has 0 radical (unpaired) electrons. The van der Waals surface area contributed by atoms with E-state index >= 15 is 0 Å². The van der Waals surface area contributed by atoms with Crippen molar-refractivity contribution in [2.24, 2.45) is 0 Å². The molecule has 0 aliphatic rings. The third-order valence-corrected chi connectivity index (χ3v) is 4.37. The van der Waals surface area contributed by atoms with Crippen LogP contribution >= 0.6 is 34.8 Å². The number of hydrogen-bond donors (Lipinski definition) is 1. The highest BCUT2D eigenvalue weighted by atomic mass is 35.5. The fourth-order valence-corrected chi connectivity index (χ4v) is 2.66. The third kappa shape index (κ3) is 3.54. The molecule has 0 saturated heterocycles. The van der Waals surface area contributed by atoms with E-state index in [1.54, 1.807) is 24.3 Å². The van der Waals surface area contributed by atoms with Crippen molar-refractivity contribution >= 4 is 40.5 Å². The molecule has 2 nitrogen and oxygen atoms in total. The third-order valence-electron chi connectivity index (χ3n) is 3.07. The van der Waals surface area contributed by atoms with Gasteiger partial charge in [0.1, 0.15) is 0 Å². The van der Waals surface area contributed by atoms with Gasteiger partial charge in [0.2, 0.25) is 0 Å². The van der Waals surface area contributed by atoms with Crippen LogP contribution in [0.1, 0.15) is 18.5 Å². The van der Waals surface area contributed by atoms with Crippen LogP contribution in [-0.2, 0) is 0 Å². The Kier molecular flexibility index (Phi) is 5.20. The molecule has 21 heavy (non-hydrogen) atoms. The van der Waals surface area contributed by atoms with E-state index in [4.69, 9.17) is 39.5 Å². The van der Waals surface area contributed by atoms with E-state index in [1.807, 2.05) is 6.92 Å². The topological polar surface area (TPSA) is 21.3 Å². The molecule has 0 aromatic heterocycles. The van der Waals surface area contributed by atoms with Gasteiger partial charge >= 0.3 is 0 Å². The van der Waals surface area contributed by atoms with Crippen LogP contribution in [0.4, 0.5) is 10.1 Å². The Bertz CT molecular complexity index is 664. The normalized spacial score (nSPS) is 12.1. The number of methoxy groups -OCH3 is 1. The molecule has 2 rings (SSSR count). The lowest BCUT2D eigenvalue weighted by Gasteiger charge is -2.18. The molecule has 0 amide bonds. The highest BCUT2D eigenvalue weighted by molar-refractivity contribution is 6.48. The standard InChI is InChI=1S/C15H13Cl3FNO/c1-8(10-4-5-11(16)15(18)14(10)17)20-9-3-6-12(19)13(7-9)21-2/h3-8,20H,1-2H3. The highest BCUT2D eigenvalue weighted by Gasteiger charge is 2.15. The van der Waals surface area contributed by atoms with E-state index < -0.39 is 5.82 Å². The van der Waals surface area contributed by atoms with Crippen molar-refractivity contribution in [2.45, 2.75) is 13.0 Å². The predicted octanol–water partition coefficient (Wildman–Crippen LogP) is 5.97. The van der Waals surface area contributed by atoms with E-state index in [2.05, 4.69) is 5.32 Å². The summed E-state index contributed by atoms with van der Waals surface area (Å²) in [4.78, 5) is 0. The van der Waals surface area contributed by atoms with Crippen molar-refractivity contribution in [1.29, 1.82) is 0 Å². The smallest absolute Gasteiger partial charge is 0.165 e. The summed E-state index contributed by atoms with van der Waals surface area (Å²) < 4.78 is 18.3. The van der Waals surface area contributed by atoms with E-state index in [0.29, 0.717) is 20.8 Å². The molecule has 0 bridgehead atoms. The summed E-state index contributed by atoms with van der Waals surface area (Å²) in [6, 6.07) is 7.90. The lowest BCUT2D eigenvalue weighted by atomic mass is 10.1. The Morgan fingerprint density at radius 2 is 1.81 bits per heavy atom. The molecule has 2 aromatic carbocycles. The zero-order valence-electron chi connectivity index (χ0n) is 11.4. The summed E-state index contributed by atoms with van der Waals surface area (Å²) in [5, 5.41) is 4.34. The van der Waals surface area contributed by atoms with E-state index in [-0.39, 0.29) is 11.8 Å². The molecule has 1 N–H and O–H groups in total. The van der Waals surface area contributed by atoms with Gasteiger partial charge in [-0.3, -0.25) is 0 Å². The second-order valence-corrected chi connectivity index (χ2v) is 5.64. The quantitative estimate of drug-likeness (QED) is 0.687. The van der Waals surface area contributed by atoms with Crippen LogP contribution < -0.4 is 10.1 Å². The summed E-state index contributed by atoms with van der Waals surface area (Å²) in [5.41, 5.74) is 1.51. The van der Waals surface area contributed by atoms with E-state index in [0.717, 1.165) is 5.56 Å². The maximum Gasteiger partial charge on any atom is 0.165 e. The van der Waals surface area contributed by atoms with Crippen molar-refractivity contribution in [2.75, 3.05) is 12.4 Å². The molecule has 2 aromatic rings. The first-order chi connectivity index (χ1) is 9.93. The summed E-state index contributed by atoms with van der Waals surface area (Å²) in [6.07, 6.45) is 0. The number of anilines is 1. The van der Waals surface area contributed by atoms with Gasteiger partial charge in [0.05, 0.1) is 28.2 Å². The monoisotopic (exact) mass is 347 g/mol. The maximum absolute atomic E-state index is 13.4. The average Bonchev–Trinajstić information content (AvgIpc) is 2.46. The second kappa shape index (κ2) is 6.73. The lowest BCUT2D eigenvalue weighted by molar-refractivity contribution is 0.387. The van der Waals surface area contributed by atoms with Gasteiger partial charge in [-0.15, -0.1) is 0 Å². The number of hydrogen-bond acceptors (Lipinski definition) is 2. The van der Waals surface area contributed by atoms with Gasteiger partial charge in [-0.25, -0.2) is 4.39 Å². The molecule has 0 saturated carbocycles. The van der Waals surface area contributed by atoms with Crippen LogP contribution in [0.2, 0.25) is 15.1 Å². The summed E-state index contributed by atoms with van der Waals surface area (Å²) in [5.74, 6) is -0.240. The second-order valence-electron chi connectivity index (χ2n) is 4.48. The molecule has 0 aliphatic carbocycles. The highest BCUT2D eigenvalue weighted by Crippen LogP contribution is 2.36. The number of benzene rings is 2. The fraction of sp³-hybridized carbons (Fsp3) is 0.200. The van der Waals surface area contributed by atoms with Crippen LogP contribution in [0.25, 0.3) is 0 Å². The number of ether oxygens (including phenoxy) is 1. The van der Waals surface area contributed by atoms with Gasteiger partial charge in [0, 0.05) is 11.8 Å². The number of halogens is 4. The molecule has 0 spiro atoms. The Labute approximate surface area is 137 Å². The average molecular weight is 349 g/mol. The molecule has 6 heteroatoms. The minimum absolute atomic E-state index is 0.137. The van der Waals surface area contributed by atoms with Crippen molar-refractivity contribution in [3.63, 3.8) is 0 Å². The Morgan fingerprint density at radius 3 is 2.48 bits per heavy atom. The first kappa shape index (κ1) is 16.2. The Balaban J connectivity index is 2.26. The molecular weight excluding hydrogens is 336 g/mol. The summed E-state index contributed by atoms with van der Waals surface area (Å²) in [7, 11) is 1.42. The molecule has 0 heterocycles. The van der Waals surface area contributed by atoms with Gasteiger partial charge in [-0.1, -0.05) is 40.9 Å². The van der Waals surface area contributed by atoms with Crippen LogP contribution in [-0.4, -0.2) is 7.11 Å². The zero-order valence-corrected chi connectivity index (χ0v) is 13.7. The largest absolute Gasteiger partial charge is 0.494 e. The van der Waals surface area contributed by atoms with Gasteiger partial charge in [-0.2, -0.15) is 0 Å². The zero-order chi connectivity index (χ0) is 15.6. The number of nitrogens with one attached hydrogen (secondary N) is 1. The molecular formula is C15H13Cl3FNO. The maximum atomic E-state index is 13.4. The number of rotatable bonds is 4. The van der Waals surface area contributed by atoms with Crippen molar-refractivity contribution in [3.05, 3.63) is 56.8 Å². The lowest BCUT2D eigenvalue weighted by Crippen LogP contribution is -2.07. The molecule has 112 valence electrons. The van der Waals surface area contributed by atoms with Crippen molar-refractivity contribution in [3.8, 4) is 5.75 Å². The van der Waals surface area contributed by atoms with Gasteiger partial charge in [0.25, 0.3) is 0 Å². The van der Waals surface area contributed by atoms with Crippen LogP contribution in [0.5, 0.6) is 5.75 Å². The molecule has 0 fully saturated rings. The van der Waals surface area contributed by atoms with E-state index in [1.165, 1.54) is 13.2 Å². The molecule has 1 atom stereocenters. The van der Waals surface area contributed by atoms with Crippen LogP contribution in [0.3, 0.4) is 0 Å². The van der Waals surface area contributed by atoms with Crippen LogP contribution in [0.15, 0.2) is 30.3 Å². The minimum Gasteiger partial charge on any atom is -0.494 e. The first-order valence-corrected chi connectivity index (χ1v) is 7.31. The SMILES string of the molecule is COc1cc(NC(C)c2ccc(Cl)c(Cl)c2Cl)ccc1F. The minimum atomic E-state index is -0.414. The predicted molar refractivity (Wildman–Crippen MR) is 86.5 cm³/mol. The molecule has 0 aliphatic heterocycles. The van der Waals surface area contributed by atoms with Gasteiger partial charge in [0.15, 0.2) is 11.6 Å². The summed E-state index contributed by atoms with van der Waals surface area (Å²) >= 11 is 18.2. The van der Waals surface area contributed by atoms with E-state index in [9.17, 15) is 4.39 Å². The van der Waals surface area contributed by atoms with Gasteiger partial charge < -0.3 is 10.1 Å². The fourth-order valence-electron chi connectivity index (χ4n) is 1.95. The van der Waals surface area contributed by atoms with Crippen molar-refractivity contribution < 1.29 is 9.13 Å². The van der Waals surface area contributed by atoms with Gasteiger partial charge in [-0.05, 0) is 30.7 Å². The Morgan fingerprint density at radius 1 is 1.10 bits per heavy atom. The van der Waals surface area contributed by atoms with Crippen LogP contribution in [0, 0.1) is 5.82 Å². The molecule has 1 unspecified atom stereocenters. The van der Waals surface area contributed by atoms with Crippen molar-refractivity contribution in [1.82, 2.24) is 0 Å². The summed E-state index contributed by atoms with van der Waals surface area (Å²) in [6.45, 7) is 1.92. The Hall–Kier alpha value is -1.16. The first-order valence-electron chi connectivity index (χ1n) is 6.17.